The van der Waals surface area contributed by atoms with Crippen LogP contribution in [0.2, 0.25) is 0 Å². The molecule has 2 rings (SSSR count). The summed E-state index contributed by atoms with van der Waals surface area (Å²) in [6.07, 6.45) is 9.33. The van der Waals surface area contributed by atoms with Gasteiger partial charge in [-0.25, -0.2) is 0 Å². The van der Waals surface area contributed by atoms with E-state index in [9.17, 15) is 4.79 Å². The lowest BCUT2D eigenvalue weighted by Crippen LogP contribution is -2.09. The fraction of sp³-hybridized carbons (Fsp3) is 0.133. The molecule has 1 aliphatic carbocycles. The van der Waals surface area contributed by atoms with Gasteiger partial charge in [-0.15, -0.1) is 0 Å². The second-order valence-electron chi connectivity index (χ2n) is 4.07. The molecule has 1 nitrogen and oxygen atoms in total. The van der Waals surface area contributed by atoms with Gasteiger partial charge in [0, 0.05) is 12.0 Å². The van der Waals surface area contributed by atoms with Crippen molar-refractivity contribution in [2.75, 3.05) is 0 Å². The average molecular weight is 279 g/mol. The SMILES string of the molecule is O=C(/C=C/C1=CCC(Cl)(Cl)C=C1)c1ccccc1. The molecule has 0 fully saturated rings. The van der Waals surface area contributed by atoms with Crippen LogP contribution in [0.25, 0.3) is 0 Å². The van der Waals surface area contributed by atoms with Crippen LogP contribution in [0.1, 0.15) is 16.8 Å². The number of carbonyl (C=O) groups is 1. The predicted molar refractivity (Wildman–Crippen MR) is 76.2 cm³/mol. The molecule has 18 heavy (non-hydrogen) atoms. The highest BCUT2D eigenvalue weighted by atomic mass is 35.5. The fourth-order valence-corrected chi connectivity index (χ4v) is 1.88. The highest BCUT2D eigenvalue weighted by molar-refractivity contribution is 6.50. The van der Waals surface area contributed by atoms with E-state index >= 15 is 0 Å². The number of halogens is 2. The van der Waals surface area contributed by atoms with Gasteiger partial charge in [-0.1, -0.05) is 71.8 Å². The second kappa shape index (κ2) is 5.55. The lowest BCUT2D eigenvalue weighted by Gasteiger charge is -2.16. The van der Waals surface area contributed by atoms with Crippen molar-refractivity contribution in [3.8, 4) is 0 Å². The van der Waals surface area contributed by atoms with Crippen molar-refractivity contribution in [1.82, 2.24) is 0 Å². The summed E-state index contributed by atoms with van der Waals surface area (Å²) in [6.45, 7) is 0. The highest BCUT2D eigenvalue weighted by Gasteiger charge is 2.20. The van der Waals surface area contributed by atoms with Crippen LogP contribution in [-0.4, -0.2) is 10.1 Å². The number of hydrogen-bond acceptors (Lipinski definition) is 1. The largest absolute Gasteiger partial charge is 0.289 e. The first-order valence-corrected chi connectivity index (χ1v) is 6.37. The van der Waals surface area contributed by atoms with E-state index in [-0.39, 0.29) is 5.78 Å². The van der Waals surface area contributed by atoms with Crippen LogP contribution in [0.15, 0.2) is 66.3 Å². The van der Waals surface area contributed by atoms with Gasteiger partial charge in [0.1, 0.15) is 4.33 Å². The van der Waals surface area contributed by atoms with Gasteiger partial charge in [-0.3, -0.25) is 4.79 Å². The second-order valence-corrected chi connectivity index (χ2v) is 5.61. The number of alkyl halides is 2. The minimum absolute atomic E-state index is 0.0153. The Labute approximate surface area is 116 Å². The zero-order valence-corrected chi connectivity index (χ0v) is 11.2. The number of allylic oxidation sites excluding steroid dienone is 6. The monoisotopic (exact) mass is 278 g/mol. The molecule has 0 spiro atoms. The molecule has 0 amide bonds. The van der Waals surface area contributed by atoms with Gasteiger partial charge < -0.3 is 0 Å². The van der Waals surface area contributed by atoms with Crippen LogP contribution in [0.3, 0.4) is 0 Å². The standard InChI is InChI=1S/C15H12Cl2O/c16-15(17)10-8-12(9-11-15)6-7-14(18)13-4-2-1-3-5-13/h1-10H,11H2/b7-6+. The number of hydrogen-bond donors (Lipinski definition) is 0. The molecular weight excluding hydrogens is 267 g/mol. The molecule has 0 unspecified atom stereocenters. The quantitative estimate of drug-likeness (QED) is 0.452. The Morgan fingerprint density at radius 2 is 1.94 bits per heavy atom. The summed E-state index contributed by atoms with van der Waals surface area (Å²) in [7, 11) is 0. The topological polar surface area (TPSA) is 17.1 Å². The molecule has 1 aromatic carbocycles. The van der Waals surface area contributed by atoms with E-state index in [0.29, 0.717) is 12.0 Å². The van der Waals surface area contributed by atoms with Crippen LogP contribution in [0.5, 0.6) is 0 Å². The van der Waals surface area contributed by atoms with Crippen molar-refractivity contribution in [2.45, 2.75) is 10.8 Å². The molecule has 0 radical (unpaired) electrons. The van der Waals surface area contributed by atoms with E-state index in [0.717, 1.165) is 5.57 Å². The van der Waals surface area contributed by atoms with Gasteiger partial charge in [0.25, 0.3) is 0 Å². The Morgan fingerprint density at radius 3 is 2.56 bits per heavy atom. The first-order chi connectivity index (χ1) is 8.57. The molecule has 0 N–H and O–H groups in total. The minimum atomic E-state index is -0.819. The maximum absolute atomic E-state index is 11.8. The summed E-state index contributed by atoms with van der Waals surface area (Å²) < 4.78 is -0.819. The zero-order chi connectivity index (χ0) is 13.0. The molecule has 0 bridgehead atoms. The fourth-order valence-electron chi connectivity index (χ4n) is 1.60. The summed E-state index contributed by atoms with van der Waals surface area (Å²) >= 11 is 11.9. The molecule has 1 aromatic rings. The van der Waals surface area contributed by atoms with E-state index in [2.05, 4.69) is 0 Å². The molecule has 1 aliphatic rings. The number of rotatable bonds is 3. The van der Waals surface area contributed by atoms with Crippen LogP contribution in [0, 0.1) is 0 Å². The predicted octanol–water partition coefficient (Wildman–Crippen LogP) is 4.49. The normalized spacial score (nSPS) is 17.8. The number of carbonyl (C=O) groups excluding carboxylic acids is 1. The maximum Gasteiger partial charge on any atom is 0.185 e. The molecule has 92 valence electrons. The number of benzene rings is 1. The minimum Gasteiger partial charge on any atom is -0.289 e. The summed E-state index contributed by atoms with van der Waals surface area (Å²) in [5.41, 5.74) is 1.62. The van der Waals surface area contributed by atoms with Gasteiger partial charge >= 0.3 is 0 Å². The summed E-state index contributed by atoms with van der Waals surface area (Å²) in [6, 6.07) is 9.15. The Morgan fingerprint density at radius 1 is 1.22 bits per heavy atom. The van der Waals surface area contributed by atoms with Gasteiger partial charge in [0.15, 0.2) is 5.78 Å². The van der Waals surface area contributed by atoms with E-state index in [1.54, 1.807) is 30.4 Å². The third-order valence-corrected chi connectivity index (χ3v) is 3.18. The van der Waals surface area contributed by atoms with Crippen LogP contribution in [-0.2, 0) is 0 Å². The van der Waals surface area contributed by atoms with Crippen molar-refractivity contribution in [2.24, 2.45) is 0 Å². The average Bonchev–Trinajstić information content (AvgIpc) is 2.38. The zero-order valence-electron chi connectivity index (χ0n) is 9.64. The van der Waals surface area contributed by atoms with Crippen LogP contribution >= 0.6 is 23.2 Å². The van der Waals surface area contributed by atoms with E-state index in [1.165, 1.54) is 0 Å². The van der Waals surface area contributed by atoms with Gasteiger partial charge in [-0.2, -0.15) is 0 Å². The molecule has 3 heteroatoms. The maximum atomic E-state index is 11.8. The van der Waals surface area contributed by atoms with Crippen LogP contribution < -0.4 is 0 Å². The molecule has 0 aromatic heterocycles. The highest BCUT2D eigenvalue weighted by Crippen LogP contribution is 2.31. The summed E-state index contributed by atoms with van der Waals surface area (Å²) in [4.78, 5) is 11.8. The van der Waals surface area contributed by atoms with Crippen molar-refractivity contribution in [1.29, 1.82) is 0 Å². The Kier molecular flexibility index (Phi) is 4.05. The molecular formula is C15H12Cl2O. The van der Waals surface area contributed by atoms with Crippen LogP contribution in [0.4, 0.5) is 0 Å². The lowest BCUT2D eigenvalue weighted by molar-refractivity contribution is 0.104. The summed E-state index contributed by atoms with van der Waals surface area (Å²) in [5, 5.41) is 0. The molecule has 0 saturated heterocycles. The van der Waals surface area contributed by atoms with E-state index in [1.807, 2.05) is 30.4 Å². The Bertz CT molecular complexity index is 525. The van der Waals surface area contributed by atoms with E-state index in [4.69, 9.17) is 23.2 Å². The molecule has 0 saturated carbocycles. The third-order valence-electron chi connectivity index (χ3n) is 2.62. The smallest absolute Gasteiger partial charge is 0.185 e. The van der Waals surface area contributed by atoms with E-state index < -0.39 is 4.33 Å². The lowest BCUT2D eigenvalue weighted by atomic mass is 10.0. The van der Waals surface area contributed by atoms with Gasteiger partial charge in [0.05, 0.1) is 0 Å². The first kappa shape index (κ1) is 13.1. The van der Waals surface area contributed by atoms with Gasteiger partial charge in [-0.05, 0) is 17.7 Å². The first-order valence-electron chi connectivity index (χ1n) is 5.61. The van der Waals surface area contributed by atoms with Crippen molar-refractivity contribution in [3.05, 3.63) is 71.8 Å². The Hall–Kier alpha value is -1.31. The molecule has 0 atom stereocenters. The van der Waals surface area contributed by atoms with Crippen molar-refractivity contribution >= 4 is 29.0 Å². The summed E-state index contributed by atoms with van der Waals surface area (Å²) in [5.74, 6) is -0.0153. The third kappa shape index (κ3) is 3.59. The molecule has 0 aliphatic heterocycles. The molecule has 0 heterocycles. The van der Waals surface area contributed by atoms with Crippen molar-refractivity contribution in [3.63, 3.8) is 0 Å². The van der Waals surface area contributed by atoms with Crippen molar-refractivity contribution < 1.29 is 4.79 Å². The number of ketones is 1. The van der Waals surface area contributed by atoms with Gasteiger partial charge in [0.2, 0.25) is 0 Å². The Balaban J connectivity index is 2.03.